The third-order valence-electron chi connectivity index (χ3n) is 4.46. The molecule has 0 aliphatic carbocycles. The molecular formula is C19H20N6O2. The van der Waals surface area contributed by atoms with E-state index in [0.29, 0.717) is 31.2 Å². The fourth-order valence-corrected chi connectivity index (χ4v) is 3.11. The van der Waals surface area contributed by atoms with Crippen molar-refractivity contribution in [3.05, 3.63) is 72.1 Å². The Morgan fingerprint density at radius 3 is 2.78 bits per heavy atom. The van der Waals surface area contributed by atoms with Gasteiger partial charge < -0.3 is 14.8 Å². The molecule has 0 fully saturated rings. The Balaban J connectivity index is 1.37. The van der Waals surface area contributed by atoms with Crippen molar-refractivity contribution in [3.63, 3.8) is 0 Å². The van der Waals surface area contributed by atoms with Gasteiger partial charge in [-0.1, -0.05) is 30.3 Å². The van der Waals surface area contributed by atoms with Crippen LogP contribution in [0.1, 0.15) is 21.9 Å². The lowest BCUT2D eigenvalue weighted by atomic mass is 10.2. The maximum absolute atomic E-state index is 12.7. The topological polar surface area (TPSA) is 85.0 Å². The number of amides is 2. The van der Waals surface area contributed by atoms with Gasteiger partial charge in [-0.15, -0.1) is 0 Å². The summed E-state index contributed by atoms with van der Waals surface area (Å²) in [6, 6.07) is 11.7. The molecule has 0 saturated heterocycles. The zero-order valence-electron chi connectivity index (χ0n) is 14.8. The molecule has 3 heterocycles. The van der Waals surface area contributed by atoms with E-state index in [2.05, 4.69) is 15.4 Å². The number of rotatable bonds is 6. The maximum atomic E-state index is 12.7. The normalized spacial score (nSPS) is 13.5. The van der Waals surface area contributed by atoms with E-state index in [-0.39, 0.29) is 24.9 Å². The fraction of sp³-hybridized carbons (Fsp3) is 0.263. The van der Waals surface area contributed by atoms with E-state index in [1.165, 1.54) is 0 Å². The van der Waals surface area contributed by atoms with Gasteiger partial charge in [0, 0.05) is 38.2 Å². The number of hydrogen-bond acceptors (Lipinski definition) is 4. The summed E-state index contributed by atoms with van der Waals surface area (Å²) in [5, 5.41) is 6.81. The Labute approximate surface area is 156 Å². The van der Waals surface area contributed by atoms with Gasteiger partial charge in [0.2, 0.25) is 5.91 Å². The van der Waals surface area contributed by atoms with Gasteiger partial charge in [-0.2, -0.15) is 5.10 Å². The highest BCUT2D eigenvalue weighted by Crippen LogP contribution is 2.15. The SMILES string of the molecule is O=C(Cn1cccn1)NCc1cn2c(n1)C(=O)N(Cc1ccccc1)CC2. The summed E-state index contributed by atoms with van der Waals surface area (Å²) in [5.74, 6) is 0.189. The second-order valence-corrected chi connectivity index (χ2v) is 6.44. The molecule has 2 amide bonds. The summed E-state index contributed by atoms with van der Waals surface area (Å²) in [6.07, 6.45) is 5.19. The van der Waals surface area contributed by atoms with E-state index in [1.807, 2.05) is 41.1 Å². The lowest BCUT2D eigenvalue weighted by molar-refractivity contribution is -0.122. The van der Waals surface area contributed by atoms with Crippen LogP contribution in [0.3, 0.4) is 0 Å². The molecular weight excluding hydrogens is 344 g/mol. The van der Waals surface area contributed by atoms with Crippen molar-refractivity contribution in [2.75, 3.05) is 6.54 Å². The molecule has 0 radical (unpaired) electrons. The number of imidazole rings is 1. The highest BCUT2D eigenvalue weighted by Gasteiger charge is 2.26. The summed E-state index contributed by atoms with van der Waals surface area (Å²) >= 11 is 0. The van der Waals surface area contributed by atoms with Gasteiger partial charge in [-0.25, -0.2) is 4.98 Å². The monoisotopic (exact) mass is 364 g/mol. The van der Waals surface area contributed by atoms with Crippen LogP contribution in [-0.2, 0) is 31.0 Å². The molecule has 1 aliphatic rings. The van der Waals surface area contributed by atoms with Crippen molar-refractivity contribution in [1.82, 2.24) is 29.5 Å². The number of aromatic nitrogens is 4. The first-order valence-corrected chi connectivity index (χ1v) is 8.82. The highest BCUT2D eigenvalue weighted by atomic mass is 16.2. The molecule has 2 aromatic heterocycles. The van der Waals surface area contributed by atoms with E-state index < -0.39 is 0 Å². The number of fused-ring (bicyclic) bond motifs is 1. The molecule has 138 valence electrons. The number of benzene rings is 1. The summed E-state index contributed by atoms with van der Waals surface area (Å²) in [6.45, 7) is 2.35. The second kappa shape index (κ2) is 7.45. The third kappa shape index (κ3) is 3.89. The van der Waals surface area contributed by atoms with Crippen LogP contribution in [0.2, 0.25) is 0 Å². The Morgan fingerprint density at radius 1 is 1.15 bits per heavy atom. The van der Waals surface area contributed by atoms with Crippen LogP contribution in [0.15, 0.2) is 55.0 Å². The smallest absolute Gasteiger partial charge is 0.290 e. The summed E-state index contributed by atoms with van der Waals surface area (Å²) in [7, 11) is 0. The summed E-state index contributed by atoms with van der Waals surface area (Å²) in [5.41, 5.74) is 1.77. The van der Waals surface area contributed by atoms with Crippen LogP contribution in [0.5, 0.6) is 0 Å². The first kappa shape index (κ1) is 17.0. The Morgan fingerprint density at radius 2 is 2.00 bits per heavy atom. The van der Waals surface area contributed by atoms with Gasteiger partial charge in [0.15, 0.2) is 5.82 Å². The van der Waals surface area contributed by atoms with E-state index in [9.17, 15) is 9.59 Å². The van der Waals surface area contributed by atoms with Gasteiger partial charge in [-0.3, -0.25) is 14.3 Å². The van der Waals surface area contributed by atoms with Crippen molar-refractivity contribution < 1.29 is 9.59 Å². The van der Waals surface area contributed by atoms with Gasteiger partial charge >= 0.3 is 0 Å². The average Bonchev–Trinajstić information content (AvgIpc) is 3.33. The molecule has 8 nitrogen and oxygen atoms in total. The van der Waals surface area contributed by atoms with Gasteiger partial charge in [0.05, 0.1) is 12.2 Å². The highest BCUT2D eigenvalue weighted by molar-refractivity contribution is 5.91. The Hall–Kier alpha value is -3.42. The summed E-state index contributed by atoms with van der Waals surface area (Å²) in [4.78, 5) is 30.9. The van der Waals surface area contributed by atoms with Gasteiger partial charge in [0.1, 0.15) is 6.54 Å². The van der Waals surface area contributed by atoms with Crippen LogP contribution in [-0.4, -0.2) is 42.6 Å². The molecule has 8 heteroatoms. The number of nitrogens with zero attached hydrogens (tertiary/aromatic N) is 5. The first-order chi connectivity index (χ1) is 13.2. The van der Waals surface area contributed by atoms with Crippen molar-refractivity contribution in [2.24, 2.45) is 0 Å². The van der Waals surface area contributed by atoms with Crippen molar-refractivity contribution >= 4 is 11.8 Å². The van der Waals surface area contributed by atoms with Gasteiger partial charge in [0.25, 0.3) is 5.91 Å². The minimum absolute atomic E-state index is 0.0841. The number of hydrogen-bond donors (Lipinski definition) is 1. The molecule has 0 spiro atoms. The molecule has 0 saturated carbocycles. The standard InChI is InChI=1S/C19H20N6O2/c26-17(14-25-8-4-7-21-25)20-11-16-13-23-9-10-24(19(27)18(23)22-16)12-15-5-2-1-3-6-15/h1-8,13H,9-12,14H2,(H,20,26). The molecule has 0 unspecified atom stereocenters. The van der Waals surface area contributed by atoms with Crippen molar-refractivity contribution in [2.45, 2.75) is 26.2 Å². The fourth-order valence-electron chi connectivity index (χ4n) is 3.11. The minimum Gasteiger partial charge on any atom is -0.349 e. The molecule has 1 N–H and O–H groups in total. The quantitative estimate of drug-likeness (QED) is 0.709. The van der Waals surface area contributed by atoms with E-state index in [1.54, 1.807) is 28.0 Å². The van der Waals surface area contributed by atoms with E-state index >= 15 is 0 Å². The van der Waals surface area contributed by atoms with Crippen LogP contribution in [0, 0.1) is 0 Å². The molecule has 1 aliphatic heterocycles. The molecule has 27 heavy (non-hydrogen) atoms. The largest absolute Gasteiger partial charge is 0.349 e. The number of nitrogens with one attached hydrogen (secondary N) is 1. The van der Waals surface area contributed by atoms with Crippen molar-refractivity contribution in [1.29, 1.82) is 0 Å². The number of carbonyl (C=O) groups is 2. The van der Waals surface area contributed by atoms with E-state index in [4.69, 9.17) is 0 Å². The van der Waals surface area contributed by atoms with Crippen molar-refractivity contribution in [3.8, 4) is 0 Å². The average molecular weight is 364 g/mol. The minimum atomic E-state index is -0.151. The maximum Gasteiger partial charge on any atom is 0.290 e. The molecule has 4 rings (SSSR count). The predicted octanol–water partition coefficient (Wildman–Crippen LogP) is 1.05. The lowest BCUT2D eigenvalue weighted by Gasteiger charge is -2.27. The lowest BCUT2D eigenvalue weighted by Crippen LogP contribution is -2.39. The summed E-state index contributed by atoms with van der Waals surface area (Å²) < 4.78 is 3.41. The van der Waals surface area contributed by atoms with E-state index in [0.717, 1.165) is 5.56 Å². The Kier molecular flexibility index (Phi) is 4.69. The first-order valence-electron chi connectivity index (χ1n) is 8.82. The molecule has 1 aromatic carbocycles. The molecule has 0 atom stereocenters. The van der Waals surface area contributed by atoms with Crippen LogP contribution < -0.4 is 5.32 Å². The van der Waals surface area contributed by atoms with Crippen LogP contribution in [0.25, 0.3) is 0 Å². The third-order valence-corrected chi connectivity index (χ3v) is 4.46. The predicted molar refractivity (Wildman–Crippen MR) is 97.5 cm³/mol. The molecule has 0 bridgehead atoms. The van der Waals surface area contributed by atoms with Crippen LogP contribution >= 0.6 is 0 Å². The van der Waals surface area contributed by atoms with Crippen LogP contribution in [0.4, 0.5) is 0 Å². The zero-order chi connectivity index (χ0) is 18.6. The number of carbonyl (C=O) groups excluding carboxylic acids is 2. The Bertz CT molecular complexity index is 933. The second-order valence-electron chi connectivity index (χ2n) is 6.44. The zero-order valence-corrected chi connectivity index (χ0v) is 14.8. The van der Waals surface area contributed by atoms with Gasteiger partial charge in [-0.05, 0) is 11.6 Å². The molecule has 3 aromatic rings.